The largest absolute Gasteiger partial charge is 0.457 e. The summed E-state index contributed by atoms with van der Waals surface area (Å²) in [6, 6.07) is 12.7. The highest BCUT2D eigenvalue weighted by Crippen LogP contribution is 2.32. The number of halogens is 2. The number of fused-ring (bicyclic) bond motifs is 1. The van der Waals surface area contributed by atoms with Gasteiger partial charge < -0.3 is 4.42 Å². The second-order valence-electron chi connectivity index (χ2n) is 7.55. The number of amides is 4. The van der Waals surface area contributed by atoms with Crippen molar-refractivity contribution < 1.29 is 23.6 Å². The molecule has 170 valence electrons. The van der Waals surface area contributed by atoms with Crippen molar-refractivity contribution in [1.29, 1.82) is 0 Å². The van der Waals surface area contributed by atoms with Gasteiger partial charge in [-0.2, -0.15) is 0 Å². The first kappa shape index (κ1) is 21.9. The number of nitrogens with one attached hydrogen (secondary N) is 1. The van der Waals surface area contributed by atoms with Crippen molar-refractivity contribution in [3.8, 4) is 11.3 Å². The van der Waals surface area contributed by atoms with Crippen LogP contribution in [0.1, 0.15) is 33.4 Å². The van der Waals surface area contributed by atoms with E-state index in [2.05, 4.69) is 5.43 Å². The number of imide groups is 1. The predicted octanol–water partition coefficient (Wildman–Crippen LogP) is 4.33. The van der Waals surface area contributed by atoms with Crippen molar-refractivity contribution in [2.45, 2.75) is 6.92 Å². The SMILES string of the molecule is CCN1C(=O)c2ccc(-c3ccc(C=C4C(=O)NN(c5ccc(Cl)c(Cl)c5)C4=O)o3)cc2C1=O. The molecule has 0 unspecified atom stereocenters. The maximum Gasteiger partial charge on any atom is 0.282 e. The molecule has 1 saturated heterocycles. The van der Waals surface area contributed by atoms with E-state index >= 15 is 0 Å². The number of carbonyl (C=O) groups is 4. The molecule has 2 aliphatic heterocycles. The average Bonchev–Trinajstić information content (AvgIpc) is 3.47. The molecule has 4 amide bonds. The van der Waals surface area contributed by atoms with E-state index in [1.807, 2.05) is 0 Å². The topological polar surface area (TPSA) is 99.9 Å². The Morgan fingerprint density at radius 1 is 0.882 bits per heavy atom. The minimum absolute atomic E-state index is 0.125. The van der Waals surface area contributed by atoms with E-state index in [9.17, 15) is 19.2 Å². The monoisotopic (exact) mass is 495 g/mol. The van der Waals surface area contributed by atoms with Crippen LogP contribution in [0.15, 0.2) is 58.5 Å². The van der Waals surface area contributed by atoms with Crippen LogP contribution in [-0.2, 0) is 9.59 Å². The molecular weight excluding hydrogens is 481 g/mol. The Labute approximate surface area is 203 Å². The number of hydrogen-bond donors (Lipinski definition) is 1. The Morgan fingerprint density at radius 2 is 1.65 bits per heavy atom. The average molecular weight is 496 g/mol. The van der Waals surface area contributed by atoms with Crippen molar-refractivity contribution in [3.63, 3.8) is 0 Å². The molecule has 0 spiro atoms. The first-order valence-corrected chi connectivity index (χ1v) is 11.0. The predicted molar refractivity (Wildman–Crippen MR) is 125 cm³/mol. The Kier molecular flexibility index (Phi) is 5.27. The fraction of sp³-hybridized carbons (Fsp3) is 0.0833. The molecule has 2 aromatic carbocycles. The van der Waals surface area contributed by atoms with E-state index in [-0.39, 0.29) is 34.7 Å². The maximum atomic E-state index is 12.8. The summed E-state index contributed by atoms with van der Waals surface area (Å²) in [5.74, 6) is -1.18. The molecule has 1 N–H and O–H groups in total. The number of hydrogen-bond acceptors (Lipinski definition) is 5. The van der Waals surface area contributed by atoms with Crippen LogP contribution in [0, 0.1) is 0 Å². The van der Waals surface area contributed by atoms with E-state index in [0.717, 1.165) is 5.01 Å². The van der Waals surface area contributed by atoms with Crippen LogP contribution in [0.3, 0.4) is 0 Å². The zero-order chi connectivity index (χ0) is 24.1. The minimum atomic E-state index is -0.602. The van der Waals surface area contributed by atoms with Gasteiger partial charge >= 0.3 is 0 Å². The third kappa shape index (κ3) is 3.48. The Balaban J connectivity index is 1.42. The smallest absolute Gasteiger partial charge is 0.282 e. The Morgan fingerprint density at radius 3 is 2.38 bits per heavy atom. The third-order valence-electron chi connectivity index (χ3n) is 5.54. The standard InChI is InChI=1S/C24H15Cl2N3O5/c1-2-28-22(31)15-6-3-12(9-16(15)23(28)32)20-8-5-14(34-20)11-17-21(30)27-29(24(17)33)13-4-7-18(25)19(26)10-13/h3-11H,2H2,1H3,(H,27,30). The van der Waals surface area contributed by atoms with E-state index < -0.39 is 11.8 Å². The normalized spacial score (nSPS) is 16.6. The van der Waals surface area contributed by atoms with E-state index in [4.69, 9.17) is 27.6 Å². The molecule has 0 radical (unpaired) electrons. The number of furan rings is 1. The first-order chi connectivity index (χ1) is 16.3. The number of anilines is 1. The van der Waals surface area contributed by atoms with E-state index in [1.165, 1.54) is 23.1 Å². The Bertz CT molecular complexity index is 1440. The molecule has 5 rings (SSSR count). The van der Waals surface area contributed by atoms with Crippen LogP contribution in [0.2, 0.25) is 10.0 Å². The summed E-state index contributed by atoms with van der Waals surface area (Å²) in [5.41, 5.74) is 3.95. The third-order valence-corrected chi connectivity index (χ3v) is 6.28. The zero-order valence-corrected chi connectivity index (χ0v) is 19.1. The summed E-state index contributed by atoms with van der Waals surface area (Å²) in [6.45, 7) is 2.02. The van der Waals surface area contributed by atoms with E-state index in [0.29, 0.717) is 33.2 Å². The van der Waals surface area contributed by atoms with Gasteiger partial charge in [0.2, 0.25) is 0 Å². The fourth-order valence-corrected chi connectivity index (χ4v) is 4.11. The van der Waals surface area contributed by atoms with Gasteiger partial charge in [0.05, 0.1) is 26.9 Å². The Hall–Kier alpha value is -3.88. The second kappa shape index (κ2) is 8.16. The number of benzene rings is 2. The second-order valence-corrected chi connectivity index (χ2v) is 8.37. The summed E-state index contributed by atoms with van der Waals surface area (Å²) < 4.78 is 5.80. The van der Waals surface area contributed by atoms with Gasteiger partial charge in [-0.15, -0.1) is 0 Å². The number of rotatable bonds is 4. The van der Waals surface area contributed by atoms with Crippen LogP contribution in [0.5, 0.6) is 0 Å². The van der Waals surface area contributed by atoms with Gasteiger partial charge in [-0.25, -0.2) is 5.01 Å². The zero-order valence-electron chi connectivity index (χ0n) is 17.6. The van der Waals surface area contributed by atoms with Gasteiger partial charge in [0.1, 0.15) is 17.1 Å². The summed E-state index contributed by atoms with van der Waals surface area (Å²) in [5, 5.41) is 1.64. The van der Waals surface area contributed by atoms with Gasteiger partial charge in [0.15, 0.2) is 0 Å². The van der Waals surface area contributed by atoms with Crippen molar-refractivity contribution >= 4 is 58.6 Å². The van der Waals surface area contributed by atoms with Crippen LogP contribution in [0.25, 0.3) is 17.4 Å². The van der Waals surface area contributed by atoms with Crippen LogP contribution in [0.4, 0.5) is 5.69 Å². The van der Waals surface area contributed by atoms with E-state index in [1.54, 1.807) is 43.3 Å². The van der Waals surface area contributed by atoms with Gasteiger partial charge in [-0.05, 0) is 55.5 Å². The molecule has 8 nitrogen and oxygen atoms in total. The van der Waals surface area contributed by atoms with Gasteiger partial charge in [-0.3, -0.25) is 29.5 Å². The van der Waals surface area contributed by atoms with Crippen molar-refractivity contribution in [2.75, 3.05) is 11.6 Å². The summed E-state index contributed by atoms with van der Waals surface area (Å²) in [7, 11) is 0. The van der Waals surface area contributed by atoms with Gasteiger partial charge in [0.25, 0.3) is 23.6 Å². The maximum absolute atomic E-state index is 12.8. The molecule has 0 atom stereocenters. The molecule has 10 heteroatoms. The lowest BCUT2D eigenvalue weighted by Gasteiger charge is -2.15. The molecule has 1 fully saturated rings. The van der Waals surface area contributed by atoms with Crippen molar-refractivity contribution in [2.24, 2.45) is 0 Å². The molecule has 3 heterocycles. The molecule has 2 aliphatic rings. The lowest BCUT2D eigenvalue weighted by atomic mass is 10.0. The molecule has 0 aliphatic carbocycles. The molecule has 34 heavy (non-hydrogen) atoms. The lowest BCUT2D eigenvalue weighted by Crippen LogP contribution is -2.35. The van der Waals surface area contributed by atoms with Crippen LogP contribution < -0.4 is 10.4 Å². The highest BCUT2D eigenvalue weighted by atomic mass is 35.5. The minimum Gasteiger partial charge on any atom is -0.457 e. The molecule has 3 aromatic rings. The summed E-state index contributed by atoms with van der Waals surface area (Å²) in [6.07, 6.45) is 1.33. The highest BCUT2D eigenvalue weighted by Gasteiger charge is 2.36. The fourth-order valence-electron chi connectivity index (χ4n) is 3.82. The number of nitrogens with zero attached hydrogens (tertiary/aromatic N) is 2. The van der Waals surface area contributed by atoms with Crippen LogP contribution in [-0.4, -0.2) is 35.1 Å². The molecular formula is C24H15Cl2N3O5. The number of hydrazine groups is 1. The lowest BCUT2D eigenvalue weighted by molar-refractivity contribution is -0.117. The summed E-state index contributed by atoms with van der Waals surface area (Å²) in [4.78, 5) is 51.2. The molecule has 0 saturated carbocycles. The first-order valence-electron chi connectivity index (χ1n) is 10.2. The highest BCUT2D eigenvalue weighted by molar-refractivity contribution is 6.42. The quantitative estimate of drug-likeness (QED) is 0.329. The molecule has 1 aromatic heterocycles. The number of carbonyl (C=O) groups excluding carboxylic acids is 4. The van der Waals surface area contributed by atoms with Crippen molar-refractivity contribution in [3.05, 3.63) is 81.0 Å². The van der Waals surface area contributed by atoms with Gasteiger partial charge in [-0.1, -0.05) is 29.3 Å². The molecule has 0 bridgehead atoms. The van der Waals surface area contributed by atoms with Crippen molar-refractivity contribution in [1.82, 2.24) is 10.3 Å². The van der Waals surface area contributed by atoms with Gasteiger partial charge in [0, 0.05) is 12.1 Å². The van der Waals surface area contributed by atoms with Crippen LogP contribution >= 0.6 is 23.2 Å². The summed E-state index contributed by atoms with van der Waals surface area (Å²) >= 11 is 11.9.